The zero-order chi connectivity index (χ0) is 13.0. The lowest BCUT2D eigenvalue weighted by Gasteiger charge is -2.07. The van der Waals surface area contributed by atoms with Gasteiger partial charge in [0, 0.05) is 35.5 Å². The average molecular weight is 308 g/mol. The van der Waals surface area contributed by atoms with Gasteiger partial charge >= 0.3 is 0 Å². The van der Waals surface area contributed by atoms with Crippen LogP contribution in [0.5, 0.6) is 0 Å². The Morgan fingerprint density at radius 2 is 2.28 bits per heavy atom. The van der Waals surface area contributed by atoms with Crippen molar-refractivity contribution in [3.8, 4) is 0 Å². The molecular formula is C13H14BrN3O. The summed E-state index contributed by atoms with van der Waals surface area (Å²) >= 11 is 3.41. The van der Waals surface area contributed by atoms with Crippen LogP contribution in [0.25, 0.3) is 0 Å². The molecule has 0 radical (unpaired) electrons. The number of nitrogens with one attached hydrogen (secondary N) is 1. The highest BCUT2D eigenvalue weighted by Gasteiger charge is 2.04. The molecule has 0 bridgehead atoms. The molecule has 1 aromatic heterocycles. The molecule has 1 aromatic carbocycles. The van der Waals surface area contributed by atoms with E-state index in [9.17, 15) is 4.79 Å². The number of aromatic nitrogens is 2. The predicted octanol–water partition coefficient (Wildman–Crippen LogP) is 2.98. The molecular weight excluding hydrogens is 294 g/mol. The van der Waals surface area contributed by atoms with E-state index in [1.54, 1.807) is 12.5 Å². The number of carbonyl (C=O) groups excluding carboxylic acids is 1. The molecule has 0 aliphatic rings. The van der Waals surface area contributed by atoms with Crippen molar-refractivity contribution >= 4 is 27.5 Å². The number of hydrogen-bond acceptors (Lipinski definition) is 2. The van der Waals surface area contributed by atoms with Gasteiger partial charge in [0.1, 0.15) is 0 Å². The van der Waals surface area contributed by atoms with E-state index in [0.717, 1.165) is 15.7 Å². The fraction of sp³-hybridized carbons (Fsp3) is 0.231. The van der Waals surface area contributed by atoms with E-state index in [4.69, 9.17) is 0 Å². The Morgan fingerprint density at radius 1 is 1.44 bits per heavy atom. The Kier molecular flexibility index (Phi) is 4.15. The van der Waals surface area contributed by atoms with Gasteiger partial charge in [0.2, 0.25) is 5.91 Å². The third-order valence-electron chi connectivity index (χ3n) is 2.48. The highest BCUT2D eigenvalue weighted by Crippen LogP contribution is 2.19. The SMILES string of the molecule is Cc1cc(Br)cc(NC(=O)CCn2ccnc2)c1. The summed E-state index contributed by atoms with van der Waals surface area (Å²) in [6.07, 6.45) is 5.69. The molecule has 0 saturated carbocycles. The van der Waals surface area contributed by atoms with E-state index in [-0.39, 0.29) is 5.91 Å². The second-order valence-corrected chi connectivity index (χ2v) is 5.03. The Bertz CT molecular complexity index is 517. The summed E-state index contributed by atoms with van der Waals surface area (Å²) in [6, 6.07) is 5.84. The summed E-state index contributed by atoms with van der Waals surface area (Å²) in [6.45, 7) is 2.63. The molecule has 0 atom stereocenters. The van der Waals surface area contributed by atoms with Gasteiger partial charge in [0.05, 0.1) is 6.33 Å². The van der Waals surface area contributed by atoms with Gasteiger partial charge in [-0.3, -0.25) is 4.79 Å². The van der Waals surface area contributed by atoms with Crippen LogP contribution in [0, 0.1) is 6.92 Å². The molecule has 2 aromatic rings. The Labute approximate surface area is 114 Å². The van der Waals surface area contributed by atoms with E-state index in [0.29, 0.717) is 13.0 Å². The summed E-state index contributed by atoms with van der Waals surface area (Å²) in [5.41, 5.74) is 1.92. The van der Waals surface area contributed by atoms with Gasteiger partial charge in [0.15, 0.2) is 0 Å². The van der Waals surface area contributed by atoms with Crippen LogP contribution in [-0.2, 0) is 11.3 Å². The van der Waals surface area contributed by atoms with Crippen molar-refractivity contribution in [2.24, 2.45) is 0 Å². The minimum absolute atomic E-state index is 0.00111. The first kappa shape index (κ1) is 12.8. The molecule has 0 aliphatic heterocycles. The first-order chi connectivity index (χ1) is 8.63. The number of carbonyl (C=O) groups is 1. The number of hydrogen-bond donors (Lipinski definition) is 1. The smallest absolute Gasteiger partial charge is 0.226 e. The van der Waals surface area contributed by atoms with Crippen molar-refractivity contribution in [2.45, 2.75) is 19.9 Å². The molecule has 0 fully saturated rings. The Morgan fingerprint density at radius 3 is 2.94 bits per heavy atom. The highest BCUT2D eigenvalue weighted by molar-refractivity contribution is 9.10. The van der Waals surface area contributed by atoms with Crippen molar-refractivity contribution in [2.75, 3.05) is 5.32 Å². The maximum Gasteiger partial charge on any atom is 0.226 e. The number of rotatable bonds is 4. The average Bonchev–Trinajstić information content (AvgIpc) is 2.77. The number of halogens is 1. The van der Waals surface area contributed by atoms with Gasteiger partial charge in [-0.25, -0.2) is 4.98 Å². The maximum absolute atomic E-state index is 11.8. The van der Waals surface area contributed by atoms with E-state index in [1.807, 2.05) is 35.9 Å². The number of imidazole rings is 1. The van der Waals surface area contributed by atoms with Crippen LogP contribution in [0.3, 0.4) is 0 Å². The zero-order valence-corrected chi connectivity index (χ0v) is 11.6. The first-order valence-corrected chi connectivity index (χ1v) is 6.45. The van der Waals surface area contributed by atoms with Gasteiger partial charge in [-0.2, -0.15) is 0 Å². The molecule has 94 valence electrons. The molecule has 4 nitrogen and oxygen atoms in total. The van der Waals surface area contributed by atoms with E-state index in [2.05, 4.69) is 26.2 Å². The normalized spacial score (nSPS) is 10.3. The first-order valence-electron chi connectivity index (χ1n) is 5.66. The zero-order valence-electron chi connectivity index (χ0n) is 10.1. The molecule has 5 heteroatoms. The Balaban J connectivity index is 1.90. The Hall–Kier alpha value is -1.62. The summed E-state index contributed by atoms with van der Waals surface area (Å²) in [5, 5.41) is 2.88. The molecule has 1 amide bonds. The maximum atomic E-state index is 11.8. The van der Waals surface area contributed by atoms with Crippen LogP contribution >= 0.6 is 15.9 Å². The molecule has 2 rings (SSSR count). The molecule has 1 N–H and O–H groups in total. The molecule has 0 saturated heterocycles. The van der Waals surface area contributed by atoms with Gasteiger partial charge in [-0.1, -0.05) is 15.9 Å². The fourth-order valence-corrected chi connectivity index (χ4v) is 2.29. The van der Waals surface area contributed by atoms with Gasteiger partial charge in [-0.15, -0.1) is 0 Å². The minimum Gasteiger partial charge on any atom is -0.337 e. The molecule has 18 heavy (non-hydrogen) atoms. The van der Waals surface area contributed by atoms with Crippen LogP contribution in [0.2, 0.25) is 0 Å². The lowest BCUT2D eigenvalue weighted by molar-refractivity contribution is -0.116. The van der Waals surface area contributed by atoms with E-state index in [1.165, 1.54) is 0 Å². The third-order valence-corrected chi connectivity index (χ3v) is 2.94. The van der Waals surface area contributed by atoms with Crippen molar-refractivity contribution in [1.82, 2.24) is 9.55 Å². The fourth-order valence-electron chi connectivity index (χ4n) is 1.68. The number of anilines is 1. The number of nitrogens with zero attached hydrogens (tertiary/aromatic N) is 2. The lowest BCUT2D eigenvalue weighted by atomic mass is 10.2. The van der Waals surface area contributed by atoms with Gasteiger partial charge in [0.25, 0.3) is 0 Å². The van der Waals surface area contributed by atoms with Crippen LogP contribution in [0.1, 0.15) is 12.0 Å². The standard InChI is InChI=1S/C13H14BrN3O/c1-10-6-11(14)8-12(7-10)16-13(18)2-4-17-5-3-15-9-17/h3,5-9H,2,4H2,1H3,(H,16,18). The summed E-state index contributed by atoms with van der Waals surface area (Å²) in [4.78, 5) is 15.7. The van der Waals surface area contributed by atoms with Crippen LogP contribution in [-0.4, -0.2) is 15.5 Å². The molecule has 1 heterocycles. The van der Waals surface area contributed by atoms with Crippen molar-refractivity contribution < 1.29 is 4.79 Å². The van der Waals surface area contributed by atoms with Crippen LogP contribution in [0.15, 0.2) is 41.4 Å². The van der Waals surface area contributed by atoms with Crippen molar-refractivity contribution in [1.29, 1.82) is 0 Å². The van der Waals surface area contributed by atoms with Crippen LogP contribution < -0.4 is 5.32 Å². The monoisotopic (exact) mass is 307 g/mol. The summed E-state index contributed by atoms with van der Waals surface area (Å²) < 4.78 is 2.85. The second-order valence-electron chi connectivity index (χ2n) is 4.12. The highest BCUT2D eigenvalue weighted by atomic mass is 79.9. The number of amides is 1. The second kappa shape index (κ2) is 5.82. The van der Waals surface area contributed by atoms with Crippen LogP contribution in [0.4, 0.5) is 5.69 Å². The van der Waals surface area contributed by atoms with Gasteiger partial charge in [-0.05, 0) is 30.7 Å². The third kappa shape index (κ3) is 3.70. The molecule has 0 spiro atoms. The van der Waals surface area contributed by atoms with E-state index >= 15 is 0 Å². The van der Waals surface area contributed by atoms with Crippen molar-refractivity contribution in [3.63, 3.8) is 0 Å². The number of benzene rings is 1. The summed E-state index contributed by atoms with van der Waals surface area (Å²) in [5.74, 6) is 0.00111. The lowest BCUT2D eigenvalue weighted by Crippen LogP contribution is -2.14. The van der Waals surface area contributed by atoms with E-state index < -0.39 is 0 Å². The molecule has 0 aliphatic carbocycles. The molecule has 0 unspecified atom stereocenters. The van der Waals surface area contributed by atoms with Gasteiger partial charge < -0.3 is 9.88 Å². The topological polar surface area (TPSA) is 46.9 Å². The quantitative estimate of drug-likeness (QED) is 0.944. The number of aryl methyl sites for hydroxylation is 2. The largest absolute Gasteiger partial charge is 0.337 e. The van der Waals surface area contributed by atoms with Crippen molar-refractivity contribution in [3.05, 3.63) is 47.0 Å². The predicted molar refractivity (Wildman–Crippen MR) is 74.4 cm³/mol. The minimum atomic E-state index is 0.00111. The summed E-state index contributed by atoms with van der Waals surface area (Å²) in [7, 11) is 0.